The molecule has 0 bridgehead atoms. The van der Waals surface area contributed by atoms with Gasteiger partial charge in [0.1, 0.15) is 11.6 Å². The molecule has 0 aromatic heterocycles. The van der Waals surface area contributed by atoms with Crippen molar-refractivity contribution in [1.29, 1.82) is 0 Å². The summed E-state index contributed by atoms with van der Waals surface area (Å²) in [6.45, 7) is 3.77. The fraction of sp³-hybridized carbons (Fsp3) is 0.387. The molecule has 1 saturated heterocycles. The lowest BCUT2D eigenvalue weighted by atomic mass is 10.00. The van der Waals surface area contributed by atoms with Crippen molar-refractivity contribution >= 4 is 15.7 Å². The molecule has 3 aromatic rings. The van der Waals surface area contributed by atoms with Gasteiger partial charge in [0.2, 0.25) is 0 Å². The van der Waals surface area contributed by atoms with Crippen molar-refractivity contribution in [3.8, 4) is 0 Å². The first-order valence-corrected chi connectivity index (χ1v) is 15.5. The molecule has 0 spiro atoms. The van der Waals surface area contributed by atoms with Gasteiger partial charge in [0.05, 0.1) is 22.3 Å². The lowest BCUT2D eigenvalue weighted by Gasteiger charge is -2.25. The van der Waals surface area contributed by atoms with Gasteiger partial charge in [-0.15, -0.1) is 0 Å². The number of amides is 1. The van der Waals surface area contributed by atoms with Gasteiger partial charge in [0, 0.05) is 31.3 Å². The van der Waals surface area contributed by atoms with Gasteiger partial charge < -0.3 is 21.1 Å². The topological polar surface area (TPSA) is 108 Å². The lowest BCUT2D eigenvalue weighted by Crippen LogP contribution is -2.48. The third-order valence-corrected chi connectivity index (χ3v) is 9.55. The van der Waals surface area contributed by atoms with E-state index in [0.29, 0.717) is 19.5 Å². The number of sulfone groups is 1. The highest BCUT2D eigenvalue weighted by atomic mass is 32.2. The molecule has 3 atom stereocenters. The fourth-order valence-corrected chi connectivity index (χ4v) is 6.83. The lowest BCUT2D eigenvalue weighted by molar-refractivity contribution is 0.0829. The van der Waals surface area contributed by atoms with Gasteiger partial charge in [0.15, 0.2) is 9.84 Å². The molecule has 7 nitrogen and oxygen atoms in total. The number of carbonyl (C=O) groups excluding carboxylic acids is 1. The molecular formula is C31H37F2N3O4S. The van der Waals surface area contributed by atoms with E-state index < -0.39 is 44.8 Å². The molecule has 220 valence electrons. The second-order valence-corrected chi connectivity index (χ2v) is 12.7. The van der Waals surface area contributed by atoms with Crippen LogP contribution in [0.15, 0.2) is 71.6 Å². The largest absolute Gasteiger partial charge is 0.390 e. The molecule has 0 saturated carbocycles. The minimum absolute atomic E-state index is 0.0413. The minimum atomic E-state index is -3.65. The molecule has 0 radical (unpaired) electrons. The SMILES string of the molecule is CCc1cccc(CNC[C@H](O)[C@H](Cc2cc(F)cc(F)c2)NC(=O)c2cccc(S(=O)(=O)C3CCCNC3)c2)c1. The van der Waals surface area contributed by atoms with Gasteiger partial charge in [-0.25, -0.2) is 17.2 Å². The Morgan fingerprint density at radius 1 is 1.02 bits per heavy atom. The molecule has 1 heterocycles. The van der Waals surface area contributed by atoms with Gasteiger partial charge in [0.25, 0.3) is 5.91 Å². The Morgan fingerprint density at radius 3 is 2.46 bits per heavy atom. The summed E-state index contributed by atoms with van der Waals surface area (Å²) < 4.78 is 54.2. The number of benzene rings is 3. The summed E-state index contributed by atoms with van der Waals surface area (Å²) >= 11 is 0. The van der Waals surface area contributed by atoms with Crippen molar-refractivity contribution in [1.82, 2.24) is 16.0 Å². The van der Waals surface area contributed by atoms with Crippen LogP contribution in [-0.2, 0) is 29.2 Å². The normalized spacial score (nSPS) is 17.1. The van der Waals surface area contributed by atoms with Gasteiger partial charge in [-0.2, -0.15) is 0 Å². The van der Waals surface area contributed by atoms with E-state index in [2.05, 4.69) is 28.9 Å². The van der Waals surface area contributed by atoms with Gasteiger partial charge in [-0.05, 0) is 79.3 Å². The maximum atomic E-state index is 13.9. The molecule has 1 aliphatic rings. The number of rotatable bonds is 12. The van der Waals surface area contributed by atoms with Crippen molar-refractivity contribution in [3.05, 3.63) is 101 Å². The average Bonchev–Trinajstić information content (AvgIpc) is 2.97. The smallest absolute Gasteiger partial charge is 0.251 e. The van der Waals surface area contributed by atoms with E-state index >= 15 is 0 Å². The maximum Gasteiger partial charge on any atom is 0.251 e. The summed E-state index contributed by atoms with van der Waals surface area (Å²) in [5.41, 5.74) is 2.60. The van der Waals surface area contributed by atoms with Crippen molar-refractivity contribution < 1.29 is 27.1 Å². The van der Waals surface area contributed by atoms with Crippen LogP contribution in [0.2, 0.25) is 0 Å². The molecule has 1 amide bonds. The van der Waals surface area contributed by atoms with Gasteiger partial charge >= 0.3 is 0 Å². The number of nitrogens with one attached hydrogen (secondary N) is 3. The molecule has 1 fully saturated rings. The van der Waals surface area contributed by atoms with Crippen molar-refractivity contribution in [2.45, 2.75) is 61.4 Å². The Hall–Kier alpha value is -3.18. The van der Waals surface area contributed by atoms with Crippen LogP contribution in [0.4, 0.5) is 8.78 Å². The zero-order chi connectivity index (χ0) is 29.4. The van der Waals surface area contributed by atoms with E-state index in [1.807, 2.05) is 18.2 Å². The third-order valence-electron chi connectivity index (χ3n) is 7.36. The second kappa shape index (κ2) is 14.1. The monoisotopic (exact) mass is 585 g/mol. The third kappa shape index (κ3) is 8.42. The number of piperidine rings is 1. The minimum Gasteiger partial charge on any atom is -0.390 e. The van der Waals surface area contributed by atoms with Crippen molar-refractivity contribution in [2.75, 3.05) is 19.6 Å². The Kier molecular flexibility index (Phi) is 10.6. The van der Waals surface area contributed by atoms with E-state index in [0.717, 1.165) is 43.1 Å². The summed E-state index contributed by atoms with van der Waals surface area (Å²) in [4.78, 5) is 13.4. The number of aryl methyl sites for hydroxylation is 1. The fourth-order valence-electron chi connectivity index (χ4n) is 5.08. The summed E-state index contributed by atoms with van der Waals surface area (Å²) in [5.74, 6) is -2.12. The molecule has 4 N–H and O–H groups in total. The molecular weight excluding hydrogens is 548 g/mol. The van der Waals surface area contributed by atoms with Gasteiger partial charge in [-0.3, -0.25) is 4.79 Å². The van der Waals surface area contributed by atoms with E-state index in [4.69, 9.17) is 0 Å². The first kappa shape index (κ1) is 30.8. The summed E-state index contributed by atoms with van der Waals surface area (Å²) in [5, 5.41) is 19.6. The first-order valence-electron chi connectivity index (χ1n) is 13.9. The van der Waals surface area contributed by atoms with E-state index in [9.17, 15) is 27.1 Å². The quantitative estimate of drug-likeness (QED) is 0.259. The maximum absolute atomic E-state index is 13.9. The standard InChI is InChI=1S/C31H37F2N3O4S/c1-2-21-6-3-7-22(12-21)18-35-20-30(37)29(15-23-13-25(32)17-26(33)14-23)36-31(38)24-8-4-9-27(16-24)41(39,40)28-10-5-11-34-19-28/h3-4,6-9,12-14,16-17,28-30,34-35,37H,2,5,10-11,15,18-20H2,1H3,(H,36,38)/t28?,29-,30-/m0/s1. The van der Waals surface area contributed by atoms with Crippen LogP contribution < -0.4 is 16.0 Å². The number of hydrogen-bond donors (Lipinski definition) is 4. The average molecular weight is 586 g/mol. The zero-order valence-corrected chi connectivity index (χ0v) is 23.9. The second-order valence-electron chi connectivity index (χ2n) is 10.5. The van der Waals surface area contributed by atoms with Crippen molar-refractivity contribution in [2.24, 2.45) is 0 Å². The molecule has 41 heavy (non-hydrogen) atoms. The van der Waals surface area contributed by atoms with Crippen LogP contribution in [-0.4, -0.2) is 56.5 Å². The van der Waals surface area contributed by atoms with Crippen LogP contribution in [0.5, 0.6) is 0 Å². The molecule has 1 aliphatic heterocycles. The van der Waals surface area contributed by atoms with Crippen LogP contribution in [0.25, 0.3) is 0 Å². The Balaban J connectivity index is 1.50. The van der Waals surface area contributed by atoms with E-state index in [1.165, 1.54) is 29.8 Å². The van der Waals surface area contributed by atoms with E-state index in [1.54, 1.807) is 0 Å². The summed E-state index contributed by atoms with van der Waals surface area (Å²) in [6, 6.07) is 16.0. The number of aliphatic hydroxyl groups is 1. The highest BCUT2D eigenvalue weighted by molar-refractivity contribution is 7.92. The first-order chi connectivity index (χ1) is 19.7. The highest BCUT2D eigenvalue weighted by Crippen LogP contribution is 2.22. The number of aliphatic hydroxyl groups excluding tert-OH is 1. The molecule has 10 heteroatoms. The molecule has 0 aliphatic carbocycles. The predicted octanol–water partition coefficient (Wildman–Crippen LogP) is 3.54. The van der Waals surface area contributed by atoms with Crippen LogP contribution in [0, 0.1) is 11.6 Å². The molecule has 1 unspecified atom stereocenters. The Labute approximate surface area is 240 Å². The Morgan fingerprint density at radius 2 is 1.76 bits per heavy atom. The number of hydrogen-bond acceptors (Lipinski definition) is 6. The van der Waals surface area contributed by atoms with Crippen LogP contribution >= 0.6 is 0 Å². The number of carbonyl (C=O) groups is 1. The van der Waals surface area contributed by atoms with Crippen LogP contribution in [0.1, 0.15) is 46.8 Å². The number of halogens is 2. The summed E-state index contributed by atoms with van der Waals surface area (Å²) in [7, 11) is -3.65. The van der Waals surface area contributed by atoms with Crippen LogP contribution in [0.3, 0.4) is 0 Å². The highest BCUT2D eigenvalue weighted by Gasteiger charge is 2.30. The van der Waals surface area contributed by atoms with E-state index in [-0.39, 0.29) is 29.0 Å². The van der Waals surface area contributed by atoms with Crippen molar-refractivity contribution in [3.63, 3.8) is 0 Å². The molecule has 4 rings (SSSR count). The predicted molar refractivity (Wildman–Crippen MR) is 154 cm³/mol. The molecule has 3 aromatic carbocycles. The van der Waals surface area contributed by atoms with Gasteiger partial charge in [-0.1, -0.05) is 37.3 Å². The Bertz CT molecular complexity index is 1420. The zero-order valence-electron chi connectivity index (χ0n) is 23.1. The summed E-state index contributed by atoms with van der Waals surface area (Å²) in [6.07, 6.45) is 1.04.